The average molecular weight is 329 g/mol. The van der Waals surface area contributed by atoms with Crippen LogP contribution < -0.4 is 4.90 Å². The van der Waals surface area contributed by atoms with E-state index in [0.717, 1.165) is 18.1 Å². The minimum atomic E-state index is -0.205. The monoisotopic (exact) mass is 329 g/mol. The minimum absolute atomic E-state index is 0.00763. The van der Waals surface area contributed by atoms with Crippen LogP contribution in [0.25, 0.3) is 0 Å². The Labute approximate surface area is 141 Å². The lowest BCUT2D eigenvalue weighted by molar-refractivity contribution is -0.0246. The lowest BCUT2D eigenvalue weighted by Gasteiger charge is -2.32. The summed E-state index contributed by atoms with van der Waals surface area (Å²) in [5.74, 6) is 0.871. The molecule has 1 aliphatic rings. The molecule has 0 N–H and O–H groups in total. The Hall–Kier alpha value is -2.41. The van der Waals surface area contributed by atoms with Gasteiger partial charge in [0.15, 0.2) is 0 Å². The van der Waals surface area contributed by atoms with Gasteiger partial charge >= 0.3 is 0 Å². The zero-order valence-electron chi connectivity index (χ0n) is 14.3. The largest absolute Gasteiger partial charge is 0.368 e. The molecule has 128 valence electrons. The number of hydrogen-bond acceptors (Lipinski definition) is 5. The number of hydrogen-bond donors (Lipinski definition) is 0. The Bertz CT molecular complexity index is 713. The molecular weight excluding hydrogens is 306 g/mol. The molecule has 1 aliphatic heterocycles. The predicted octanol–water partition coefficient (Wildman–Crippen LogP) is 1.58. The van der Waals surface area contributed by atoms with E-state index in [0.29, 0.717) is 25.3 Å². The van der Waals surface area contributed by atoms with Gasteiger partial charge in [0.05, 0.1) is 30.6 Å². The molecule has 1 unspecified atom stereocenters. The standard InChI is InChI=1S/C17H23N5O2/c1-4-22-11-13(10-18-22)17(23)21-8-9-24-15(12-21)14-6-5-7-16(19-14)20(2)3/h5-7,10-11,15H,4,8-9,12H2,1-3H3. The number of carbonyl (C=O) groups is 1. The minimum Gasteiger partial charge on any atom is -0.368 e. The van der Waals surface area contributed by atoms with Gasteiger partial charge in [0.2, 0.25) is 0 Å². The van der Waals surface area contributed by atoms with Crippen molar-refractivity contribution >= 4 is 11.7 Å². The van der Waals surface area contributed by atoms with E-state index in [1.54, 1.807) is 17.1 Å². The first-order valence-electron chi connectivity index (χ1n) is 8.16. The van der Waals surface area contributed by atoms with E-state index >= 15 is 0 Å². The first kappa shape index (κ1) is 16.4. The fourth-order valence-corrected chi connectivity index (χ4v) is 2.71. The summed E-state index contributed by atoms with van der Waals surface area (Å²) in [6, 6.07) is 5.86. The van der Waals surface area contributed by atoms with Gasteiger partial charge in [-0.3, -0.25) is 9.48 Å². The topological polar surface area (TPSA) is 63.5 Å². The SMILES string of the molecule is CCn1cc(C(=O)N2CCOC(c3cccc(N(C)C)n3)C2)cn1. The quantitative estimate of drug-likeness (QED) is 0.852. The summed E-state index contributed by atoms with van der Waals surface area (Å²) in [7, 11) is 3.91. The maximum atomic E-state index is 12.7. The molecule has 0 saturated carbocycles. The molecule has 3 heterocycles. The van der Waals surface area contributed by atoms with Crippen LogP contribution in [-0.4, -0.2) is 59.4 Å². The Morgan fingerprint density at radius 3 is 2.96 bits per heavy atom. The summed E-state index contributed by atoms with van der Waals surface area (Å²) in [5.41, 5.74) is 1.47. The Morgan fingerprint density at radius 2 is 2.25 bits per heavy atom. The Morgan fingerprint density at radius 1 is 1.42 bits per heavy atom. The van der Waals surface area contributed by atoms with Crippen molar-refractivity contribution in [3.63, 3.8) is 0 Å². The van der Waals surface area contributed by atoms with Gasteiger partial charge in [0, 0.05) is 33.4 Å². The molecule has 2 aromatic rings. The van der Waals surface area contributed by atoms with Crippen molar-refractivity contribution in [2.24, 2.45) is 0 Å². The summed E-state index contributed by atoms with van der Waals surface area (Å²) in [4.78, 5) is 21.1. The van der Waals surface area contributed by atoms with Gasteiger partial charge in [-0.1, -0.05) is 6.07 Å². The van der Waals surface area contributed by atoms with Crippen LogP contribution in [0.15, 0.2) is 30.6 Å². The van der Waals surface area contributed by atoms with Crippen molar-refractivity contribution in [3.05, 3.63) is 41.9 Å². The van der Waals surface area contributed by atoms with E-state index < -0.39 is 0 Å². The van der Waals surface area contributed by atoms with Crippen LogP contribution in [0.4, 0.5) is 5.82 Å². The molecule has 24 heavy (non-hydrogen) atoms. The number of rotatable bonds is 4. The number of nitrogens with zero attached hydrogens (tertiary/aromatic N) is 5. The van der Waals surface area contributed by atoms with Crippen molar-refractivity contribution in [1.82, 2.24) is 19.7 Å². The van der Waals surface area contributed by atoms with E-state index in [4.69, 9.17) is 4.74 Å². The third-order valence-electron chi connectivity index (χ3n) is 4.10. The second-order valence-electron chi connectivity index (χ2n) is 6.01. The fourth-order valence-electron chi connectivity index (χ4n) is 2.71. The molecule has 0 aliphatic carbocycles. The second-order valence-corrected chi connectivity index (χ2v) is 6.01. The van der Waals surface area contributed by atoms with E-state index in [2.05, 4.69) is 10.1 Å². The average Bonchev–Trinajstić information content (AvgIpc) is 3.10. The smallest absolute Gasteiger partial charge is 0.257 e. The molecule has 1 amide bonds. The van der Waals surface area contributed by atoms with Crippen LogP contribution in [0, 0.1) is 0 Å². The van der Waals surface area contributed by atoms with Crippen LogP contribution >= 0.6 is 0 Å². The summed E-state index contributed by atoms with van der Waals surface area (Å²) in [5, 5.41) is 4.18. The van der Waals surface area contributed by atoms with Gasteiger partial charge in [-0.25, -0.2) is 4.98 Å². The molecular formula is C17H23N5O2. The highest BCUT2D eigenvalue weighted by atomic mass is 16.5. The Balaban J connectivity index is 1.74. The first-order valence-corrected chi connectivity index (χ1v) is 8.16. The highest BCUT2D eigenvalue weighted by molar-refractivity contribution is 5.93. The van der Waals surface area contributed by atoms with Crippen LogP contribution in [0.3, 0.4) is 0 Å². The van der Waals surface area contributed by atoms with Gasteiger partial charge in [-0.2, -0.15) is 5.10 Å². The van der Waals surface area contributed by atoms with Gasteiger partial charge in [0.1, 0.15) is 11.9 Å². The van der Waals surface area contributed by atoms with Crippen LogP contribution in [-0.2, 0) is 11.3 Å². The molecule has 0 aromatic carbocycles. The summed E-state index contributed by atoms with van der Waals surface area (Å²) < 4.78 is 7.60. The maximum Gasteiger partial charge on any atom is 0.257 e. The van der Waals surface area contributed by atoms with Crippen molar-refractivity contribution in [3.8, 4) is 0 Å². The van der Waals surface area contributed by atoms with E-state index in [9.17, 15) is 4.79 Å². The lowest BCUT2D eigenvalue weighted by Crippen LogP contribution is -2.42. The van der Waals surface area contributed by atoms with Crippen LogP contribution in [0.5, 0.6) is 0 Å². The van der Waals surface area contributed by atoms with Gasteiger partial charge in [-0.05, 0) is 19.1 Å². The highest BCUT2D eigenvalue weighted by Crippen LogP contribution is 2.23. The number of morpholine rings is 1. The molecule has 0 spiro atoms. The lowest BCUT2D eigenvalue weighted by atomic mass is 10.1. The Kier molecular flexibility index (Phi) is 4.80. The van der Waals surface area contributed by atoms with Gasteiger partial charge < -0.3 is 14.5 Å². The van der Waals surface area contributed by atoms with Gasteiger partial charge in [0.25, 0.3) is 5.91 Å². The molecule has 3 rings (SSSR count). The predicted molar refractivity (Wildman–Crippen MR) is 91.1 cm³/mol. The van der Waals surface area contributed by atoms with Crippen molar-refractivity contribution < 1.29 is 9.53 Å². The summed E-state index contributed by atoms with van der Waals surface area (Å²) >= 11 is 0. The molecule has 0 radical (unpaired) electrons. The number of amides is 1. The number of anilines is 1. The molecule has 1 atom stereocenters. The molecule has 7 heteroatoms. The zero-order chi connectivity index (χ0) is 17.1. The second kappa shape index (κ2) is 7.00. The highest BCUT2D eigenvalue weighted by Gasteiger charge is 2.27. The number of aromatic nitrogens is 3. The number of aryl methyl sites for hydroxylation is 1. The molecule has 2 aromatic heterocycles. The molecule has 1 saturated heterocycles. The normalized spacial score (nSPS) is 17.8. The van der Waals surface area contributed by atoms with E-state index in [1.807, 2.05) is 49.0 Å². The van der Waals surface area contributed by atoms with Crippen molar-refractivity contribution in [1.29, 1.82) is 0 Å². The van der Waals surface area contributed by atoms with E-state index in [-0.39, 0.29) is 12.0 Å². The third-order valence-corrected chi connectivity index (χ3v) is 4.10. The third kappa shape index (κ3) is 3.41. The van der Waals surface area contributed by atoms with Gasteiger partial charge in [-0.15, -0.1) is 0 Å². The van der Waals surface area contributed by atoms with Crippen molar-refractivity contribution in [2.45, 2.75) is 19.6 Å². The summed E-state index contributed by atoms with van der Waals surface area (Å²) in [6.45, 7) is 4.34. The van der Waals surface area contributed by atoms with Crippen LogP contribution in [0.2, 0.25) is 0 Å². The molecule has 7 nitrogen and oxygen atoms in total. The first-order chi connectivity index (χ1) is 11.6. The van der Waals surface area contributed by atoms with Crippen molar-refractivity contribution in [2.75, 3.05) is 38.7 Å². The maximum absolute atomic E-state index is 12.7. The zero-order valence-corrected chi connectivity index (χ0v) is 14.3. The number of ether oxygens (including phenoxy) is 1. The van der Waals surface area contributed by atoms with E-state index in [1.165, 1.54) is 0 Å². The summed E-state index contributed by atoms with van der Waals surface area (Å²) in [6.07, 6.45) is 3.21. The van der Waals surface area contributed by atoms with Crippen LogP contribution in [0.1, 0.15) is 29.1 Å². The fraction of sp³-hybridized carbons (Fsp3) is 0.471. The number of pyridine rings is 1. The molecule has 0 bridgehead atoms. The molecule has 1 fully saturated rings. The number of carbonyl (C=O) groups excluding carboxylic acids is 1.